The third kappa shape index (κ3) is 3.40. The van der Waals surface area contributed by atoms with Crippen LogP contribution in [0.4, 0.5) is 0 Å². The molecule has 3 nitrogen and oxygen atoms in total. The van der Waals surface area contributed by atoms with Gasteiger partial charge in [-0.15, -0.1) is 22.7 Å². The van der Waals surface area contributed by atoms with Crippen LogP contribution in [-0.2, 0) is 0 Å². The number of aromatic nitrogens is 1. The molecule has 0 saturated heterocycles. The van der Waals surface area contributed by atoms with Gasteiger partial charge >= 0.3 is 0 Å². The summed E-state index contributed by atoms with van der Waals surface area (Å²) in [6, 6.07) is 3.74. The zero-order valence-corrected chi connectivity index (χ0v) is 12.1. The molecule has 2 aromatic heterocycles. The van der Waals surface area contributed by atoms with Gasteiger partial charge in [-0.1, -0.05) is 19.9 Å². The minimum absolute atomic E-state index is 0.00847. The first-order valence-electron chi connectivity index (χ1n) is 5.90. The van der Waals surface area contributed by atoms with Gasteiger partial charge < -0.3 is 5.32 Å². The first-order chi connectivity index (χ1) is 8.66. The summed E-state index contributed by atoms with van der Waals surface area (Å²) in [6.45, 7) is 4.30. The molecule has 2 rings (SSSR count). The topological polar surface area (TPSA) is 42.0 Å². The van der Waals surface area contributed by atoms with Gasteiger partial charge in [-0.3, -0.25) is 4.79 Å². The molecule has 0 fully saturated rings. The maximum atomic E-state index is 12.1. The van der Waals surface area contributed by atoms with Crippen LogP contribution in [-0.4, -0.2) is 10.9 Å². The molecule has 2 heterocycles. The van der Waals surface area contributed by atoms with Crippen molar-refractivity contribution in [1.82, 2.24) is 10.3 Å². The Bertz CT molecular complexity index is 477. The summed E-state index contributed by atoms with van der Waals surface area (Å²) in [5, 5.41) is 7.91. The van der Waals surface area contributed by atoms with E-state index in [2.05, 4.69) is 24.1 Å². The number of carbonyl (C=O) groups is 1. The van der Waals surface area contributed by atoms with Crippen LogP contribution >= 0.6 is 22.7 Å². The van der Waals surface area contributed by atoms with Gasteiger partial charge in [0, 0.05) is 11.6 Å². The summed E-state index contributed by atoms with van der Waals surface area (Å²) in [5.74, 6) is 0.508. The van der Waals surface area contributed by atoms with E-state index in [1.54, 1.807) is 17.5 Å². The summed E-state index contributed by atoms with van der Waals surface area (Å²) >= 11 is 3.05. The average Bonchev–Trinajstić information content (AvgIpc) is 3.01. The zero-order chi connectivity index (χ0) is 13.0. The molecule has 2 aromatic rings. The molecule has 0 aliphatic carbocycles. The molecule has 1 N–H and O–H groups in total. The molecule has 0 saturated carbocycles. The number of thiophene rings is 1. The molecule has 96 valence electrons. The minimum Gasteiger partial charge on any atom is -0.342 e. The van der Waals surface area contributed by atoms with E-state index < -0.39 is 0 Å². The lowest BCUT2D eigenvalue weighted by atomic mass is 10.0. The number of thiazole rings is 1. The van der Waals surface area contributed by atoms with Gasteiger partial charge in [-0.25, -0.2) is 4.98 Å². The average molecular weight is 280 g/mol. The molecule has 0 bridgehead atoms. The number of hydrogen-bond donors (Lipinski definition) is 1. The molecule has 1 atom stereocenters. The second-order valence-electron chi connectivity index (χ2n) is 4.50. The van der Waals surface area contributed by atoms with Crippen LogP contribution in [0.15, 0.2) is 29.1 Å². The third-order valence-corrected chi connectivity index (χ3v) is 4.26. The number of nitrogens with zero attached hydrogens (tertiary/aromatic N) is 1. The van der Waals surface area contributed by atoms with Gasteiger partial charge in [-0.2, -0.15) is 0 Å². The van der Waals surface area contributed by atoms with Gasteiger partial charge in [-0.05, 0) is 23.8 Å². The Balaban J connectivity index is 2.08. The Morgan fingerprint density at radius 1 is 1.39 bits per heavy atom. The second kappa shape index (κ2) is 6.11. The Labute approximate surface area is 115 Å². The largest absolute Gasteiger partial charge is 0.342 e. The van der Waals surface area contributed by atoms with E-state index in [0.29, 0.717) is 5.92 Å². The number of rotatable bonds is 5. The quantitative estimate of drug-likeness (QED) is 0.907. The van der Waals surface area contributed by atoms with Crippen molar-refractivity contribution in [3.8, 4) is 0 Å². The number of amides is 1. The van der Waals surface area contributed by atoms with Gasteiger partial charge in [0.2, 0.25) is 0 Å². The SMILES string of the molecule is CC(C)CC(NC(=O)c1cccs1)c1nccs1. The Kier molecular flexibility index (Phi) is 4.49. The highest BCUT2D eigenvalue weighted by Crippen LogP contribution is 2.24. The van der Waals surface area contributed by atoms with Gasteiger partial charge in [0.25, 0.3) is 5.91 Å². The van der Waals surface area contributed by atoms with Crippen molar-refractivity contribution >= 4 is 28.6 Å². The predicted octanol–water partition coefficient (Wildman–Crippen LogP) is 3.72. The molecule has 5 heteroatoms. The van der Waals surface area contributed by atoms with Crippen LogP contribution < -0.4 is 5.32 Å². The van der Waals surface area contributed by atoms with Crippen molar-refractivity contribution in [3.05, 3.63) is 39.0 Å². The summed E-state index contributed by atoms with van der Waals surface area (Å²) in [4.78, 5) is 17.1. The molecule has 1 amide bonds. The number of carbonyl (C=O) groups excluding carboxylic acids is 1. The maximum absolute atomic E-state index is 12.1. The molecular formula is C13H16N2OS2. The fourth-order valence-corrected chi connectivity index (χ4v) is 3.07. The first kappa shape index (κ1) is 13.2. The number of nitrogens with one attached hydrogen (secondary N) is 1. The molecular weight excluding hydrogens is 264 g/mol. The number of hydrogen-bond acceptors (Lipinski definition) is 4. The van der Waals surface area contributed by atoms with E-state index in [4.69, 9.17) is 0 Å². The molecule has 0 aliphatic rings. The standard InChI is InChI=1S/C13H16N2OS2/c1-9(2)8-10(13-14-5-7-18-13)15-12(16)11-4-3-6-17-11/h3-7,9-10H,8H2,1-2H3,(H,15,16). The van der Waals surface area contributed by atoms with Crippen LogP contribution in [0.1, 0.15) is 41.0 Å². The van der Waals surface area contributed by atoms with Crippen LogP contribution in [0.5, 0.6) is 0 Å². The summed E-state index contributed by atoms with van der Waals surface area (Å²) in [7, 11) is 0. The van der Waals surface area contributed by atoms with Crippen LogP contribution in [0, 0.1) is 5.92 Å². The minimum atomic E-state index is -0.00847. The van der Waals surface area contributed by atoms with Crippen molar-refractivity contribution < 1.29 is 4.79 Å². The zero-order valence-electron chi connectivity index (χ0n) is 10.4. The Morgan fingerprint density at radius 3 is 2.78 bits per heavy atom. The van der Waals surface area contributed by atoms with Crippen LogP contribution in [0.3, 0.4) is 0 Å². The van der Waals surface area contributed by atoms with Crippen molar-refractivity contribution in [2.24, 2.45) is 5.92 Å². The fourth-order valence-electron chi connectivity index (χ4n) is 1.74. The normalized spacial score (nSPS) is 12.6. The Morgan fingerprint density at radius 2 is 2.22 bits per heavy atom. The highest BCUT2D eigenvalue weighted by molar-refractivity contribution is 7.12. The summed E-state index contributed by atoms with van der Waals surface area (Å²) < 4.78 is 0. The van der Waals surface area contributed by atoms with E-state index in [9.17, 15) is 4.79 Å². The van der Waals surface area contributed by atoms with E-state index in [1.807, 2.05) is 22.9 Å². The highest BCUT2D eigenvalue weighted by Gasteiger charge is 2.19. The van der Waals surface area contributed by atoms with Crippen molar-refractivity contribution in [1.29, 1.82) is 0 Å². The smallest absolute Gasteiger partial charge is 0.261 e. The summed E-state index contributed by atoms with van der Waals surface area (Å²) in [5.41, 5.74) is 0. The van der Waals surface area contributed by atoms with E-state index in [-0.39, 0.29) is 11.9 Å². The predicted molar refractivity (Wildman–Crippen MR) is 76.1 cm³/mol. The lowest BCUT2D eigenvalue weighted by Gasteiger charge is -2.18. The van der Waals surface area contributed by atoms with E-state index >= 15 is 0 Å². The molecule has 0 aliphatic heterocycles. The first-order valence-corrected chi connectivity index (χ1v) is 7.66. The van der Waals surface area contributed by atoms with Crippen molar-refractivity contribution in [2.75, 3.05) is 0 Å². The van der Waals surface area contributed by atoms with Gasteiger partial charge in [0.15, 0.2) is 0 Å². The molecule has 18 heavy (non-hydrogen) atoms. The lowest BCUT2D eigenvalue weighted by Crippen LogP contribution is -2.28. The van der Waals surface area contributed by atoms with Crippen molar-refractivity contribution in [3.63, 3.8) is 0 Å². The second-order valence-corrected chi connectivity index (χ2v) is 6.38. The van der Waals surface area contributed by atoms with Gasteiger partial charge in [0.1, 0.15) is 5.01 Å². The van der Waals surface area contributed by atoms with Crippen molar-refractivity contribution in [2.45, 2.75) is 26.3 Å². The molecule has 1 unspecified atom stereocenters. The van der Waals surface area contributed by atoms with Crippen LogP contribution in [0.25, 0.3) is 0 Å². The molecule has 0 aromatic carbocycles. The Hall–Kier alpha value is -1.20. The monoisotopic (exact) mass is 280 g/mol. The van der Waals surface area contributed by atoms with Crippen LogP contribution in [0.2, 0.25) is 0 Å². The molecule has 0 radical (unpaired) electrons. The third-order valence-electron chi connectivity index (χ3n) is 2.51. The summed E-state index contributed by atoms with van der Waals surface area (Å²) in [6.07, 6.45) is 2.69. The maximum Gasteiger partial charge on any atom is 0.261 e. The fraction of sp³-hybridized carbons (Fsp3) is 0.385. The van der Waals surface area contributed by atoms with E-state index in [1.165, 1.54) is 11.3 Å². The lowest BCUT2D eigenvalue weighted by molar-refractivity contribution is 0.0936. The van der Waals surface area contributed by atoms with E-state index in [0.717, 1.165) is 16.3 Å². The molecule has 0 spiro atoms. The van der Waals surface area contributed by atoms with Gasteiger partial charge in [0.05, 0.1) is 10.9 Å². The highest BCUT2D eigenvalue weighted by atomic mass is 32.1.